The predicted molar refractivity (Wildman–Crippen MR) is 101 cm³/mol. The van der Waals surface area contributed by atoms with Crippen LogP contribution in [0, 0.1) is 0 Å². The largest absolute Gasteiger partial charge is 0.296 e. The van der Waals surface area contributed by atoms with Gasteiger partial charge in [-0.05, 0) is 43.6 Å². The number of fused-ring (bicyclic) bond motifs is 1. The second-order valence-corrected chi connectivity index (χ2v) is 6.76. The number of hydrogen-bond acceptors (Lipinski definition) is 3. The summed E-state index contributed by atoms with van der Waals surface area (Å²) in [6.07, 6.45) is 3.77. The van der Waals surface area contributed by atoms with Gasteiger partial charge >= 0.3 is 0 Å². The fourth-order valence-corrected chi connectivity index (χ4v) is 3.58. The molecule has 0 saturated carbocycles. The van der Waals surface area contributed by atoms with Gasteiger partial charge in [0.25, 0.3) is 5.56 Å². The van der Waals surface area contributed by atoms with Crippen molar-refractivity contribution in [1.29, 1.82) is 0 Å². The van der Waals surface area contributed by atoms with Crippen molar-refractivity contribution in [2.24, 2.45) is 0 Å². The number of para-hydroxylation sites is 1. The van der Waals surface area contributed by atoms with E-state index in [9.17, 15) is 4.79 Å². The Morgan fingerprint density at radius 1 is 0.840 bits per heavy atom. The van der Waals surface area contributed by atoms with Gasteiger partial charge in [0.1, 0.15) is 5.82 Å². The van der Waals surface area contributed by atoms with E-state index < -0.39 is 0 Å². The van der Waals surface area contributed by atoms with Crippen LogP contribution < -0.4 is 5.56 Å². The summed E-state index contributed by atoms with van der Waals surface area (Å²) in [6.45, 7) is 3.50. The maximum Gasteiger partial charge on any atom is 0.261 e. The Morgan fingerprint density at radius 2 is 1.56 bits per heavy atom. The van der Waals surface area contributed by atoms with Crippen LogP contribution in [0.4, 0.5) is 0 Å². The predicted octanol–water partition coefficient (Wildman–Crippen LogP) is 3.43. The first-order chi connectivity index (χ1) is 12.3. The average Bonchev–Trinajstić information content (AvgIpc) is 2.67. The molecule has 2 aromatic carbocycles. The quantitative estimate of drug-likeness (QED) is 0.734. The zero-order valence-electron chi connectivity index (χ0n) is 14.4. The summed E-state index contributed by atoms with van der Waals surface area (Å²) < 4.78 is 1.85. The normalized spacial score (nSPS) is 15.5. The molecule has 25 heavy (non-hydrogen) atoms. The third kappa shape index (κ3) is 3.49. The number of aromatic nitrogens is 2. The van der Waals surface area contributed by atoms with Crippen LogP contribution in [0.25, 0.3) is 10.9 Å². The summed E-state index contributed by atoms with van der Waals surface area (Å²) in [6, 6.07) is 17.8. The molecule has 0 radical (unpaired) electrons. The molecule has 1 aliphatic heterocycles. The van der Waals surface area contributed by atoms with Gasteiger partial charge in [-0.25, -0.2) is 4.98 Å². The molecular weight excluding hydrogens is 310 g/mol. The fraction of sp³-hybridized carbons (Fsp3) is 0.333. The highest BCUT2D eigenvalue weighted by molar-refractivity contribution is 5.77. The van der Waals surface area contributed by atoms with E-state index in [0.29, 0.717) is 11.9 Å². The lowest BCUT2D eigenvalue weighted by molar-refractivity contribution is 0.212. The standard InChI is InChI=1S/C21H23N3O/c25-21-18-11-5-6-12-19(18)22-20(16-23-13-7-2-8-14-23)24(21)15-17-9-3-1-4-10-17/h1,3-6,9-12H,2,7-8,13-16H2. The average molecular weight is 333 g/mol. The highest BCUT2D eigenvalue weighted by atomic mass is 16.1. The van der Waals surface area contributed by atoms with E-state index >= 15 is 0 Å². The van der Waals surface area contributed by atoms with Crippen LogP contribution in [0.1, 0.15) is 30.7 Å². The lowest BCUT2D eigenvalue weighted by Crippen LogP contribution is -2.34. The first-order valence-corrected chi connectivity index (χ1v) is 9.06. The van der Waals surface area contributed by atoms with E-state index in [2.05, 4.69) is 17.0 Å². The molecule has 4 heteroatoms. The smallest absolute Gasteiger partial charge is 0.261 e. The molecule has 2 heterocycles. The van der Waals surface area contributed by atoms with Gasteiger partial charge in [0, 0.05) is 0 Å². The summed E-state index contributed by atoms with van der Waals surface area (Å²) >= 11 is 0. The van der Waals surface area contributed by atoms with Gasteiger partial charge in [-0.1, -0.05) is 48.9 Å². The van der Waals surface area contributed by atoms with Crippen LogP contribution in [0.2, 0.25) is 0 Å². The number of piperidine rings is 1. The van der Waals surface area contributed by atoms with Crippen molar-refractivity contribution >= 4 is 10.9 Å². The molecule has 1 saturated heterocycles. The topological polar surface area (TPSA) is 38.1 Å². The molecule has 0 unspecified atom stereocenters. The summed E-state index contributed by atoms with van der Waals surface area (Å²) in [7, 11) is 0. The maximum absolute atomic E-state index is 13.1. The van der Waals surface area contributed by atoms with Crippen molar-refractivity contribution in [3.8, 4) is 0 Å². The number of rotatable bonds is 4. The van der Waals surface area contributed by atoms with Gasteiger partial charge in [-0.2, -0.15) is 0 Å². The van der Waals surface area contributed by atoms with Crippen molar-refractivity contribution in [3.63, 3.8) is 0 Å². The van der Waals surface area contributed by atoms with Gasteiger partial charge in [0.15, 0.2) is 0 Å². The zero-order chi connectivity index (χ0) is 17.1. The third-order valence-electron chi connectivity index (χ3n) is 4.94. The summed E-state index contributed by atoms with van der Waals surface area (Å²) in [4.78, 5) is 20.4. The molecule has 128 valence electrons. The third-order valence-corrected chi connectivity index (χ3v) is 4.94. The second kappa shape index (κ2) is 7.19. The number of likely N-dealkylation sites (tertiary alicyclic amines) is 1. The Labute approximate surface area is 147 Å². The van der Waals surface area contributed by atoms with Crippen molar-refractivity contribution in [2.75, 3.05) is 13.1 Å². The first kappa shape index (κ1) is 16.0. The van der Waals surface area contributed by atoms with E-state index in [1.807, 2.05) is 47.0 Å². The molecule has 1 aliphatic rings. The summed E-state index contributed by atoms with van der Waals surface area (Å²) in [5.41, 5.74) is 1.98. The van der Waals surface area contributed by atoms with E-state index in [1.165, 1.54) is 19.3 Å². The monoisotopic (exact) mass is 333 g/mol. The Kier molecular flexibility index (Phi) is 4.61. The van der Waals surface area contributed by atoms with E-state index in [4.69, 9.17) is 4.98 Å². The Hall–Kier alpha value is -2.46. The van der Waals surface area contributed by atoms with Crippen molar-refractivity contribution in [1.82, 2.24) is 14.5 Å². The zero-order valence-corrected chi connectivity index (χ0v) is 14.4. The molecule has 0 bridgehead atoms. The molecule has 1 fully saturated rings. The van der Waals surface area contributed by atoms with Crippen LogP contribution in [-0.2, 0) is 13.1 Å². The minimum Gasteiger partial charge on any atom is -0.296 e. The van der Waals surface area contributed by atoms with Gasteiger partial charge in [-0.3, -0.25) is 14.3 Å². The molecule has 0 N–H and O–H groups in total. The first-order valence-electron chi connectivity index (χ1n) is 9.06. The Bertz CT molecular complexity index is 911. The van der Waals surface area contributed by atoms with Crippen LogP contribution >= 0.6 is 0 Å². The fourth-order valence-electron chi connectivity index (χ4n) is 3.58. The van der Waals surface area contributed by atoms with Crippen LogP contribution in [0.3, 0.4) is 0 Å². The van der Waals surface area contributed by atoms with E-state index in [-0.39, 0.29) is 5.56 Å². The molecular formula is C21H23N3O. The highest BCUT2D eigenvalue weighted by Gasteiger charge is 2.16. The highest BCUT2D eigenvalue weighted by Crippen LogP contribution is 2.15. The Balaban J connectivity index is 1.77. The van der Waals surface area contributed by atoms with Crippen molar-refractivity contribution in [3.05, 3.63) is 76.3 Å². The number of nitrogens with zero attached hydrogens (tertiary/aromatic N) is 3. The van der Waals surface area contributed by atoms with Gasteiger partial charge < -0.3 is 0 Å². The molecule has 0 aliphatic carbocycles. The van der Waals surface area contributed by atoms with E-state index in [0.717, 1.165) is 36.5 Å². The SMILES string of the molecule is O=c1c2ccccc2nc(CN2CCCCC2)n1Cc1ccccc1. The van der Waals surface area contributed by atoms with Crippen molar-refractivity contribution in [2.45, 2.75) is 32.4 Å². The molecule has 3 aromatic rings. The van der Waals surface area contributed by atoms with Crippen LogP contribution in [0.15, 0.2) is 59.4 Å². The summed E-state index contributed by atoms with van der Waals surface area (Å²) in [5.74, 6) is 0.870. The molecule has 4 rings (SSSR count). The van der Waals surface area contributed by atoms with E-state index in [1.54, 1.807) is 0 Å². The molecule has 1 aromatic heterocycles. The molecule has 0 atom stereocenters. The van der Waals surface area contributed by atoms with Gasteiger partial charge in [0.2, 0.25) is 0 Å². The maximum atomic E-state index is 13.1. The number of hydrogen-bond donors (Lipinski definition) is 0. The van der Waals surface area contributed by atoms with Crippen molar-refractivity contribution < 1.29 is 0 Å². The summed E-state index contributed by atoms with van der Waals surface area (Å²) in [5, 5.41) is 0.695. The number of benzene rings is 2. The van der Waals surface area contributed by atoms with Gasteiger partial charge in [0.05, 0.1) is 24.0 Å². The lowest BCUT2D eigenvalue weighted by atomic mass is 10.1. The minimum absolute atomic E-state index is 0.0569. The molecule has 0 spiro atoms. The Morgan fingerprint density at radius 3 is 2.36 bits per heavy atom. The molecule has 4 nitrogen and oxygen atoms in total. The van der Waals surface area contributed by atoms with Gasteiger partial charge in [-0.15, -0.1) is 0 Å². The minimum atomic E-state index is 0.0569. The molecule has 0 amide bonds. The van der Waals surface area contributed by atoms with Crippen LogP contribution in [0.5, 0.6) is 0 Å². The van der Waals surface area contributed by atoms with Crippen LogP contribution in [-0.4, -0.2) is 27.5 Å². The second-order valence-electron chi connectivity index (χ2n) is 6.76. The lowest BCUT2D eigenvalue weighted by Gasteiger charge is -2.27.